The van der Waals surface area contributed by atoms with E-state index in [1.165, 1.54) is 0 Å². The molecule has 3 nitrogen and oxygen atoms in total. The molecule has 1 atom stereocenters. The molecule has 0 saturated carbocycles. The number of rotatable bonds is 6. The van der Waals surface area contributed by atoms with Crippen LogP contribution in [0.25, 0.3) is 10.8 Å². The zero-order valence-corrected chi connectivity index (χ0v) is 13.4. The van der Waals surface area contributed by atoms with Gasteiger partial charge in [-0.05, 0) is 29.2 Å². The lowest BCUT2D eigenvalue weighted by atomic mass is 9.85. The summed E-state index contributed by atoms with van der Waals surface area (Å²) in [6.07, 6.45) is 4.88. The van der Waals surface area contributed by atoms with Gasteiger partial charge in [-0.2, -0.15) is 0 Å². The van der Waals surface area contributed by atoms with Crippen molar-refractivity contribution in [2.24, 2.45) is 0 Å². The predicted octanol–water partition coefficient (Wildman–Crippen LogP) is 4.49. The van der Waals surface area contributed by atoms with E-state index in [4.69, 9.17) is 11.6 Å². The van der Waals surface area contributed by atoms with Crippen LogP contribution >= 0.6 is 11.6 Å². The topological polar surface area (TPSA) is 42.2 Å². The highest BCUT2D eigenvalue weighted by Crippen LogP contribution is 2.34. The molecule has 1 unspecified atom stereocenters. The van der Waals surface area contributed by atoms with E-state index in [0.29, 0.717) is 18.7 Å². The SMILES string of the molecule is O=C(O)C(CCCCl)(c1ccccc1)n1cc2ccccc2c1. The summed E-state index contributed by atoms with van der Waals surface area (Å²) in [7, 11) is 0. The molecule has 0 saturated heterocycles. The molecule has 2 aromatic carbocycles. The maximum atomic E-state index is 12.3. The standard InChI is InChI=1S/C19H18ClNO2/c20-12-6-11-19(18(22)23,17-9-2-1-3-10-17)21-13-15-7-4-5-8-16(15)14-21/h1-5,7-10,13-14H,6,11-12H2,(H,22,23). The normalized spacial score (nSPS) is 13.8. The lowest BCUT2D eigenvalue weighted by molar-refractivity contribution is -0.145. The molecule has 0 fully saturated rings. The second-order valence-corrected chi connectivity index (χ2v) is 6.00. The second kappa shape index (κ2) is 6.47. The number of aliphatic carboxylic acids is 1. The van der Waals surface area contributed by atoms with Crippen molar-refractivity contribution in [3.63, 3.8) is 0 Å². The van der Waals surface area contributed by atoms with Gasteiger partial charge in [-0.15, -0.1) is 11.6 Å². The minimum Gasteiger partial charge on any atom is -0.479 e. The van der Waals surface area contributed by atoms with Crippen LogP contribution in [0.15, 0.2) is 67.0 Å². The number of fused-ring (bicyclic) bond motifs is 1. The first-order valence-corrected chi connectivity index (χ1v) is 8.14. The molecule has 1 aromatic heterocycles. The van der Waals surface area contributed by atoms with E-state index in [-0.39, 0.29) is 0 Å². The van der Waals surface area contributed by atoms with Gasteiger partial charge in [0.2, 0.25) is 0 Å². The fourth-order valence-electron chi connectivity index (χ4n) is 3.10. The summed E-state index contributed by atoms with van der Waals surface area (Å²) in [4.78, 5) is 12.3. The Morgan fingerprint density at radius 1 is 1.00 bits per heavy atom. The minimum atomic E-state index is -1.14. The third kappa shape index (κ3) is 2.73. The molecule has 3 aromatic rings. The molecule has 0 bridgehead atoms. The molecule has 0 spiro atoms. The van der Waals surface area contributed by atoms with Crippen molar-refractivity contribution in [2.75, 3.05) is 5.88 Å². The van der Waals surface area contributed by atoms with Crippen LogP contribution in [0.1, 0.15) is 18.4 Å². The molecule has 0 aliphatic rings. The lowest BCUT2D eigenvalue weighted by Gasteiger charge is -2.32. The van der Waals surface area contributed by atoms with E-state index < -0.39 is 11.5 Å². The molecule has 1 N–H and O–H groups in total. The molecule has 23 heavy (non-hydrogen) atoms. The first kappa shape index (κ1) is 15.6. The summed E-state index contributed by atoms with van der Waals surface area (Å²) in [5.74, 6) is -0.433. The van der Waals surface area contributed by atoms with Crippen LogP contribution in [0.5, 0.6) is 0 Å². The van der Waals surface area contributed by atoms with Gasteiger partial charge in [-0.25, -0.2) is 4.79 Å². The summed E-state index contributed by atoms with van der Waals surface area (Å²) in [5, 5.41) is 12.2. The van der Waals surface area contributed by atoms with Crippen molar-refractivity contribution in [1.29, 1.82) is 0 Å². The minimum absolute atomic E-state index is 0.433. The van der Waals surface area contributed by atoms with Crippen LogP contribution in [0.3, 0.4) is 0 Å². The molecule has 0 radical (unpaired) electrons. The smallest absolute Gasteiger partial charge is 0.334 e. The van der Waals surface area contributed by atoms with Crippen LogP contribution in [-0.2, 0) is 10.3 Å². The molecule has 0 amide bonds. The van der Waals surface area contributed by atoms with Gasteiger partial charge < -0.3 is 9.67 Å². The number of benzene rings is 2. The van der Waals surface area contributed by atoms with Gasteiger partial charge >= 0.3 is 5.97 Å². The first-order chi connectivity index (χ1) is 11.2. The third-order valence-corrected chi connectivity index (χ3v) is 4.54. The van der Waals surface area contributed by atoms with Gasteiger partial charge in [0.25, 0.3) is 0 Å². The Balaban J connectivity index is 2.22. The number of hydrogen-bond donors (Lipinski definition) is 1. The van der Waals surface area contributed by atoms with Crippen molar-refractivity contribution in [1.82, 2.24) is 4.57 Å². The highest BCUT2D eigenvalue weighted by atomic mass is 35.5. The number of carbonyl (C=O) groups is 1. The Labute approximate surface area is 140 Å². The summed E-state index contributed by atoms with van der Waals surface area (Å²) in [6, 6.07) is 17.3. The van der Waals surface area contributed by atoms with Crippen LogP contribution in [0.4, 0.5) is 0 Å². The Morgan fingerprint density at radius 3 is 2.09 bits per heavy atom. The number of carboxylic acid groups (broad SMARTS) is 1. The zero-order valence-electron chi connectivity index (χ0n) is 12.7. The molecule has 0 aliphatic carbocycles. The Morgan fingerprint density at radius 2 is 1.57 bits per heavy atom. The first-order valence-electron chi connectivity index (χ1n) is 7.60. The molecular formula is C19H18ClNO2. The molecule has 1 heterocycles. The van der Waals surface area contributed by atoms with E-state index in [1.807, 2.05) is 71.6 Å². The molecule has 4 heteroatoms. The second-order valence-electron chi connectivity index (χ2n) is 5.62. The summed E-state index contributed by atoms with van der Waals surface area (Å²) < 4.78 is 1.82. The number of nitrogens with zero attached hydrogens (tertiary/aromatic N) is 1. The quantitative estimate of drug-likeness (QED) is 0.678. The van der Waals surface area contributed by atoms with Gasteiger partial charge in [0.15, 0.2) is 5.54 Å². The van der Waals surface area contributed by atoms with E-state index >= 15 is 0 Å². The van der Waals surface area contributed by atoms with Crippen molar-refractivity contribution in [3.8, 4) is 0 Å². The number of aromatic nitrogens is 1. The van der Waals surface area contributed by atoms with E-state index in [0.717, 1.165) is 16.3 Å². The Bertz CT molecular complexity index is 779. The van der Waals surface area contributed by atoms with Crippen molar-refractivity contribution >= 4 is 28.3 Å². The van der Waals surface area contributed by atoms with Gasteiger partial charge in [0.1, 0.15) is 0 Å². The average molecular weight is 328 g/mol. The van der Waals surface area contributed by atoms with E-state index in [9.17, 15) is 9.90 Å². The van der Waals surface area contributed by atoms with Gasteiger partial charge in [-0.1, -0.05) is 54.6 Å². The molecular weight excluding hydrogens is 310 g/mol. The maximum Gasteiger partial charge on any atom is 0.334 e. The molecule has 118 valence electrons. The average Bonchev–Trinajstić information content (AvgIpc) is 3.00. The number of halogens is 1. The largest absolute Gasteiger partial charge is 0.479 e. The number of hydrogen-bond acceptors (Lipinski definition) is 1. The van der Waals surface area contributed by atoms with E-state index in [1.54, 1.807) is 0 Å². The summed E-state index contributed by atoms with van der Waals surface area (Å²) in [5.41, 5.74) is -0.382. The molecule has 3 rings (SSSR count). The van der Waals surface area contributed by atoms with Crippen molar-refractivity contribution in [2.45, 2.75) is 18.4 Å². The zero-order chi connectivity index (χ0) is 16.3. The van der Waals surface area contributed by atoms with Crippen LogP contribution in [-0.4, -0.2) is 21.5 Å². The predicted molar refractivity (Wildman–Crippen MR) is 93.0 cm³/mol. The Kier molecular flexibility index (Phi) is 4.39. The van der Waals surface area contributed by atoms with E-state index in [2.05, 4.69) is 0 Å². The van der Waals surface area contributed by atoms with Gasteiger partial charge in [0, 0.05) is 18.3 Å². The lowest BCUT2D eigenvalue weighted by Crippen LogP contribution is -2.42. The van der Waals surface area contributed by atoms with Gasteiger partial charge in [-0.3, -0.25) is 0 Å². The maximum absolute atomic E-state index is 12.3. The van der Waals surface area contributed by atoms with Crippen molar-refractivity contribution < 1.29 is 9.90 Å². The molecule has 0 aliphatic heterocycles. The highest BCUT2D eigenvalue weighted by molar-refractivity contribution is 6.17. The van der Waals surface area contributed by atoms with Crippen LogP contribution in [0, 0.1) is 0 Å². The van der Waals surface area contributed by atoms with Crippen molar-refractivity contribution in [3.05, 3.63) is 72.6 Å². The number of alkyl halides is 1. The van der Waals surface area contributed by atoms with Crippen LogP contribution < -0.4 is 0 Å². The van der Waals surface area contributed by atoms with Crippen LogP contribution in [0.2, 0.25) is 0 Å². The Hall–Kier alpha value is -2.26. The summed E-state index contributed by atoms with van der Waals surface area (Å²) >= 11 is 5.86. The highest BCUT2D eigenvalue weighted by Gasteiger charge is 2.41. The fraction of sp³-hybridized carbons (Fsp3) is 0.211. The van der Waals surface area contributed by atoms with Gasteiger partial charge in [0.05, 0.1) is 0 Å². The summed E-state index contributed by atoms with van der Waals surface area (Å²) in [6.45, 7) is 0. The fourth-order valence-corrected chi connectivity index (χ4v) is 3.24. The third-order valence-electron chi connectivity index (χ3n) is 4.27. The monoisotopic (exact) mass is 327 g/mol. The number of carboxylic acids is 1.